The number of rotatable bonds is 7. The number of amides is 1. The van der Waals surface area contributed by atoms with Crippen molar-refractivity contribution in [3.63, 3.8) is 0 Å². The van der Waals surface area contributed by atoms with Crippen LogP contribution in [0.1, 0.15) is 37.6 Å². The Balaban J connectivity index is 1.81. The van der Waals surface area contributed by atoms with E-state index in [0.29, 0.717) is 29.0 Å². The van der Waals surface area contributed by atoms with E-state index < -0.39 is 11.6 Å². The highest BCUT2D eigenvalue weighted by Gasteiger charge is 2.41. The van der Waals surface area contributed by atoms with E-state index >= 15 is 0 Å². The molecule has 2 heterocycles. The van der Waals surface area contributed by atoms with Gasteiger partial charge >= 0.3 is 5.97 Å². The monoisotopic (exact) mass is 410 g/mol. The van der Waals surface area contributed by atoms with E-state index in [1.54, 1.807) is 31.5 Å². The molecule has 1 aliphatic carbocycles. The smallest absolute Gasteiger partial charge is 0.339 e. The zero-order valence-corrected chi connectivity index (χ0v) is 17.2. The molecule has 30 heavy (non-hydrogen) atoms. The quantitative estimate of drug-likeness (QED) is 0.541. The fraction of sp³-hybridized carbons (Fsp3) is 0.318. The number of carboxylic acid groups (broad SMARTS) is 1. The van der Waals surface area contributed by atoms with Gasteiger partial charge in [-0.25, -0.2) is 4.79 Å². The molecule has 3 rings (SSSR count). The number of carbonyl (C=O) groups excluding carboxylic acids is 1. The summed E-state index contributed by atoms with van der Waals surface area (Å²) in [6.07, 6.45) is 9.24. The van der Waals surface area contributed by atoms with Crippen LogP contribution >= 0.6 is 0 Å². The van der Waals surface area contributed by atoms with E-state index in [4.69, 9.17) is 10.5 Å². The molecule has 2 aliphatic rings. The molecule has 158 valence electrons. The van der Waals surface area contributed by atoms with Gasteiger partial charge in [0.15, 0.2) is 0 Å². The summed E-state index contributed by atoms with van der Waals surface area (Å²) in [7, 11) is 0. The van der Waals surface area contributed by atoms with Crippen molar-refractivity contribution in [3.8, 4) is 0 Å². The molecule has 2 atom stereocenters. The van der Waals surface area contributed by atoms with Gasteiger partial charge in [0.1, 0.15) is 11.2 Å². The third-order valence-electron chi connectivity index (χ3n) is 5.21. The van der Waals surface area contributed by atoms with Gasteiger partial charge in [-0.1, -0.05) is 13.0 Å². The zero-order chi connectivity index (χ0) is 21.9. The maximum Gasteiger partial charge on any atom is 0.339 e. The number of pyridine rings is 1. The van der Waals surface area contributed by atoms with Crippen molar-refractivity contribution in [2.45, 2.75) is 38.8 Å². The summed E-state index contributed by atoms with van der Waals surface area (Å²) in [5, 5.41) is 15.6. The van der Waals surface area contributed by atoms with Gasteiger partial charge < -0.3 is 26.2 Å². The van der Waals surface area contributed by atoms with Crippen LogP contribution in [0, 0.1) is 0 Å². The summed E-state index contributed by atoms with van der Waals surface area (Å²) in [6.45, 7) is 5.68. The molecule has 1 aliphatic heterocycles. The molecular weight excluding hydrogens is 384 g/mol. The molecule has 0 saturated heterocycles. The lowest BCUT2D eigenvalue weighted by Gasteiger charge is -2.40. The lowest BCUT2D eigenvalue weighted by atomic mass is 9.80. The first kappa shape index (κ1) is 21.3. The van der Waals surface area contributed by atoms with Gasteiger partial charge in [-0.15, -0.1) is 0 Å². The van der Waals surface area contributed by atoms with Gasteiger partial charge in [-0.3, -0.25) is 9.78 Å². The number of allylic oxidation sites excluding steroid dienone is 3. The highest BCUT2D eigenvalue weighted by molar-refractivity contribution is 5.94. The molecule has 5 N–H and O–H groups in total. The Morgan fingerprint density at radius 3 is 2.70 bits per heavy atom. The second-order valence-corrected chi connectivity index (χ2v) is 7.32. The third kappa shape index (κ3) is 3.99. The fourth-order valence-corrected chi connectivity index (χ4v) is 3.68. The minimum Gasteiger partial charge on any atom is -0.478 e. The number of nitrogens with one attached hydrogen (secondary N) is 2. The predicted octanol–water partition coefficient (Wildman–Crippen LogP) is 1.99. The molecule has 0 saturated carbocycles. The Labute approximate surface area is 175 Å². The molecule has 2 unspecified atom stereocenters. The van der Waals surface area contributed by atoms with E-state index in [2.05, 4.69) is 15.6 Å². The number of aliphatic carboxylic acids is 1. The van der Waals surface area contributed by atoms with Crippen LogP contribution in [0.5, 0.6) is 0 Å². The van der Waals surface area contributed by atoms with Crippen molar-refractivity contribution in [2.24, 2.45) is 5.73 Å². The van der Waals surface area contributed by atoms with Gasteiger partial charge in [0.25, 0.3) is 5.91 Å². The minimum absolute atomic E-state index is 0.0397. The highest BCUT2D eigenvalue weighted by Crippen LogP contribution is 2.40. The molecule has 0 fully saturated rings. The van der Waals surface area contributed by atoms with Gasteiger partial charge in [-0.2, -0.15) is 0 Å². The molecule has 0 radical (unpaired) electrons. The molecule has 1 aromatic rings. The molecule has 1 amide bonds. The Bertz CT molecular complexity index is 978. The van der Waals surface area contributed by atoms with E-state index in [-0.39, 0.29) is 29.8 Å². The summed E-state index contributed by atoms with van der Waals surface area (Å²) in [5.41, 5.74) is 7.94. The number of carbonyl (C=O) groups is 2. The number of fused-ring (bicyclic) bond motifs is 1. The first-order valence-electron chi connectivity index (χ1n) is 9.75. The first-order valence-corrected chi connectivity index (χ1v) is 9.75. The standard InChI is InChI=1S/C22H26N4O4/c1-4-22(30-12-13(2)25-20(27)15-7-10-24-11-8-15)9-5-6-16-18(22)19(23)17(21(28)29)14(3)26-16/h5-11,13,26H,4,12,23H2,1-3H3,(H,25,27)(H,28,29). The van der Waals surface area contributed by atoms with Gasteiger partial charge in [0.05, 0.1) is 12.3 Å². The SMILES string of the molecule is CCC1(OCC(C)NC(=O)c2ccncc2)C=CC=C2NC(C)=C(C(=O)O)C(N)=C21. The summed E-state index contributed by atoms with van der Waals surface area (Å²) in [6, 6.07) is 2.99. The van der Waals surface area contributed by atoms with E-state index in [9.17, 15) is 14.7 Å². The number of ether oxygens (including phenoxy) is 1. The van der Waals surface area contributed by atoms with Crippen LogP contribution in [0.2, 0.25) is 0 Å². The molecule has 0 spiro atoms. The van der Waals surface area contributed by atoms with Crippen LogP contribution in [-0.4, -0.2) is 40.2 Å². The van der Waals surface area contributed by atoms with Crippen molar-refractivity contribution in [1.82, 2.24) is 15.6 Å². The predicted molar refractivity (Wildman–Crippen MR) is 112 cm³/mol. The average molecular weight is 410 g/mol. The van der Waals surface area contributed by atoms with Crippen molar-refractivity contribution in [3.05, 3.63) is 76.6 Å². The van der Waals surface area contributed by atoms with Crippen molar-refractivity contribution in [2.75, 3.05) is 6.61 Å². The maximum absolute atomic E-state index is 12.4. The van der Waals surface area contributed by atoms with Crippen LogP contribution in [0.3, 0.4) is 0 Å². The number of hydrogen-bond donors (Lipinski definition) is 4. The van der Waals surface area contributed by atoms with Crippen molar-refractivity contribution < 1.29 is 19.4 Å². The van der Waals surface area contributed by atoms with Gasteiger partial charge in [-0.05, 0) is 44.6 Å². The maximum atomic E-state index is 12.4. The van der Waals surface area contributed by atoms with Crippen molar-refractivity contribution in [1.29, 1.82) is 0 Å². The van der Waals surface area contributed by atoms with Gasteiger partial charge in [0, 0.05) is 41.0 Å². The summed E-state index contributed by atoms with van der Waals surface area (Å²) in [5.74, 6) is -1.31. The number of dihydropyridines is 1. The molecule has 8 nitrogen and oxygen atoms in total. The van der Waals surface area contributed by atoms with Crippen molar-refractivity contribution >= 4 is 11.9 Å². The highest BCUT2D eigenvalue weighted by atomic mass is 16.5. The Morgan fingerprint density at radius 2 is 2.07 bits per heavy atom. The van der Waals surface area contributed by atoms with E-state index in [1.165, 1.54) is 0 Å². The zero-order valence-electron chi connectivity index (χ0n) is 17.2. The van der Waals surface area contributed by atoms with Crippen LogP contribution in [0.15, 0.2) is 71.0 Å². The number of carboxylic acids is 1. The lowest BCUT2D eigenvalue weighted by molar-refractivity contribution is -0.132. The molecule has 0 bridgehead atoms. The molecule has 8 heteroatoms. The number of hydrogen-bond acceptors (Lipinski definition) is 6. The summed E-state index contributed by atoms with van der Waals surface area (Å²) < 4.78 is 6.27. The molecule has 0 aromatic carbocycles. The largest absolute Gasteiger partial charge is 0.478 e. The van der Waals surface area contributed by atoms with Crippen LogP contribution in [-0.2, 0) is 9.53 Å². The minimum atomic E-state index is -1.10. The number of nitrogens with two attached hydrogens (primary N) is 1. The summed E-state index contributed by atoms with van der Waals surface area (Å²) >= 11 is 0. The fourth-order valence-electron chi connectivity index (χ4n) is 3.68. The Kier molecular flexibility index (Phi) is 6.07. The second-order valence-electron chi connectivity index (χ2n) is 7.32. The van der Waals surface area contributed by atoms with Gasteiger partial charge in [0.2, 0.25) is 0 Å². The number of aromatic nitrogens is 1. The summed E-state index contributed by atoms with van der Waals surface area (Å²) in [4.78, 5) is 28.0. The van der Waals surface area contributed by atoms with Crippen LogP contribution in [0.4, 0.5) is 0 Å². The van der Waals surface area contributed by atoms with E-state index in [0.717, 1.165) is 0 Å². The number of nitrogens with zero attached hydrogens (tertiary/aromatic N) is 1. The first-order chi connectivity index (χ1) is 14.3. The second kappa shape index (κ2) is 8.54. The van der Waals surface area contributed by atoms with Crippen LogP contribution in [0.25, 0.3) is 0 Å². The third-order valence-corrected chi connectivity index (χ3v) is 5.21. The Hall–Kier alpha value is -3.39. The van der Waals surface area contributed by atoms with E-state index in [1.807, 2.05) is 32.1 Å². The molecule has 1 aromatic heterocycles. The normalized spacial score (nSPS) is 21.5. The average Bonchev–Trinajstić information content (AvgIpc) is 2.72. The Morgan fingerprint density at radius 1 is 1.37 bits per heavy atom. The topological polar surface area (TPSA) is 127 Å². The lowest BCUT2D eigenvalue weighted by Crippen LogP contribution is -2.45. The molecular formula is C22H26N4O4. The van der Waals surface area contributed by atoms with Crippen LogP contribution < -0.4 is 16.4 Å².